The van der Waals surface area contributed by atoms with Crippen LogP contribution in [0.4, 0.5) is 0 Å². The van der Waals surface area contributed by atoms with E-state index in [1.807, 2.05) is 0 Å². The fourth-order valence-corrected chi connectivity index (χ4v) is 1.84. The number of amides is 1. The van der Waals surface area contributed by atoms with Crippen LogP contribution in [0.1, 0.15) is 26.2 Å². The van der Waals surface area contributed by atoms with E-state index in [1.165, 1.54) is 7.11 Å². The molecule has 1 fully saturated rings. The minimum Gasteiger partial charge on any atom is -0.480 e. The maximum absolute atomic E-state index is 11.6. The lowest BCUT2D eigenvalue weighted by Gasteiger charge is -2.32. The summed E-state index contributed by atoms with van der Waals surface area (Å²) in [5.41, 5.74) is -1.13. The molecule has 98 valence electrons. The second-order valence-corrected chi connectivity index (χ2v) is 4.51. The Bertz CT molecular complexity index is 295. The summed E-state index contributed by atoms with van der Waals surface area (Å²) in [5.74, 6) is -1.09. The van der Waals surface area contributed by atoms with Gasteiger partial charge >= 0.3 is 5.97 Å². The molecule has 1 aliphatic heterocycles. The van der Waals surface area contributed by atoms with Crippen molar-refractivity contribution in [1.29, 1.82) is 0 Å². The summed E-state index contributed by atoms with van der Waals surface area (Å²) in [6.45, 7) is 2.58. The fraction of sp³-hybridized carbons (Fsp3) is 0.818. The molecule has 0 radical (unpaired) electrons. The van der Waals surface area contributed by atoms with E-state index in [-0.39, 0.29) is 5.91 Å². The third kappa shape index (κ3) is 3.67. The van der Waals surface area contributed by atoms with Gasteiger partial charge in [-0.2, -0.15) is 0 Å². The van der Waals surface area contributed by atoms with E-state index >= 15 is 0 Å². The first-order valence-corrected chi connectivity index (χ1v) is 5.77. The van der Waals surface area contributed by atoms with Crippen molar-refractivity contribution in [2.45, 2.75) is 37.8 Å². The third-order valence-corrected chi connectivity index (χ3v) is 3.06. The number of rotatable bonds is 6. The highest BCUT2D eigenvalue weighted by atomic mass is 16.5. The summed E-state index contributed by atoms with van der Waals surface area (Å²) in [6, 6.07) is -0.429. The standard InChI is InChI=1S/C11H20N2O4/c1-11(10(15)16,5-7-17-2)13-8-4-3-6-12-9(8)14/h8,13H,3-7H2,1-2H3,(H,12,14)(H,15,16). The van der Waals surface area contributed by atoms with Crippen LogP contribution in [0.3, 0.4) is 0 Å². The van der Waals surface area contributed by atoms with Crippen molar-refractivity contribution in [2.75, 3.05) is 20.3 Å². The van der Waals surface area contributed by atoms with Crippen LogP contribution >= 0.6 is 0 Å². The number of carboxylic acids is 1. The van der Waals surface area contributed by atoms with Gasteiger partial charge in [0.05, 0.1) is 6.04 Å². The highest BCUT2D eigenvalue weighted by Gasteiger charge is 2.37. The number of methoxy groups -OCH3 is 1. The number of piperidine rings is 1. The van der Waals surface area contributed by atoms with Crippen molar-refractivity contribution >= 4 is 11.9 Å². The van der Waals surface area contributed by atoms with E-state index in [9.17, 15) is 14.7 Å². The highest BCUT2D eigenvalue weighted by molar-refractivity contribution is 5.84. The Balaban J connectivity index is 2.64. The summed E-state index contributed by atoms with van der Waals surface area (Å²) in [5, 5.41) is 14.9. The van der Waals surface area contributed by atoms with Crippen molar-refractivity contribution in [3.63, 3.8) is 0 Å². The van der Waals surface area contributed by atoms with Crippen molar-refractivity contribution < 1.29 is 19.4 Å². The zero-order valence-electron chi connectivity index (χ0n) is 10.3. The molecule has 0 spiro atoms. The van der Waals surface area contributed by atoms with Crippen LogP contribution in [-0.2, 0) is 14.3 Å². The largest absolute Gasteiger partial charge is 0.480 e. The molecular formula is C11H20N2O4. The summed E-state index contributed by atoms with van der Waals surface area (Å²) < 4.78 is 4.90. The number of carbonyl (C=O) groups is 2. The number of carboxylic acid groups (broad SMARTS) is 1. The van der Waals surface area contributed by atoms with Gasteiger partial charge in [-0.3, -0.25) is 14.9 Å². The van der Waals surface area contributed by atoms with Crippen LogP contribution in [0.2, 0.25) is 0 Å². The van der Waals surface area contributed by atoms with Crippen LogP contribution in [-0.4, -0.2) is 48.8 Å². The molecule has 1 rings (SSSR count). The smallest absolute Gasteiger partial charge is 0.323 e. The first-order chi connectivity index (χ1) is 7.99. The van der Waals surface area contributed by atoms with E-state index < -0.39 is 17.6 Å². The zero-order valence-corrected chi connectivity index (χ0v) is 10.3. The molecule has 17 heavy (non-hydrogen) atoms. The molecule has 1 aliphatic rings. The van der Waals surface area contributed by atoms with Gasteiger partial charge in [-0.1, -0.05) is 0 Å². The Morgan fingerprint density at radius 1 is 1.71 bits per heavy atom. The molecule has 3 N–H and O–H groups in total. The third-order valence-electron chi connectivity index (χ3n) is 3.06. The predicted octanol–water partition coefficient (Wildman–Crippen LogP) is -0.266. The maximum Gasteiger partial charge on any atom is 0.323 e. The maximum atomic E-state index is 11.6. The molecule has 6 nitrogen and oxygen atoms in total. The van der Waals surface area contributed by atoms with Gasteiger partial charge in [0.1, 0.15) is 5.54 Å². The molecule has 1 saturated heterocycles. The zero-order chi connectivity index (χ0) is 12.9. The summed E-state index contributed by atoms with van der Waals surface area (Å²) in [6.07, 6.45) is 1.85. The quantitative estimate of drug-likeness (QED) is 0.599. The normalized spacial score (nSPS) is 23.9. The summed E-state index contributed by atoms with van der Waals surface area (Å²) in [7, 11) is 1.52. The monoisotopic (exact) mass is 244 g/mol. The van der Waals surface area contributed by atoms with E-state index in [0.717, 1.165) is 6.42 Å². The van der Waals surface area contributed by atoms with Crippen molar-refractivity contribution in [1.82, 2.24) is 10.6 Å². The Morgan fingerprint density at radius 2 is 2.41 bits per heavy atom. The molecule has 1 heterocycles. The van der Waals surface area contributed by atoms with Gasteiger partial charge in [0, 0.05) is 20.3 Å². The van der Waals surface area contributed by atoms with Gasteiger partial charge in [-0.25, -0.2) is 0 Å². The molecule has 0 saturated carbocycles. The molecule has 2 atom stereocenters. The van der Waals surface area contributed by atoms with Gasteiger partial charge in [-0.05, 0) is 26.2 Å². The fourth-order valence-electron chi connectivity index (χ4n) is 1.84. The molecule has 2 unspecified atom stereocenters. The number of carbonyl (C=O) groups excluding carboxylic acids is 1. The van der Waals surface area contributed by atoms with Crippen molar-refractivity contribution in [3.8, 4) is 0 Å². The summed E-state index contributed by atoms with van der Waals surface area (Å²) >= 11 is 0. The van der Waals surface area contributed by atoms with Crippen LogP contribution in [0.15, 0.2) is 0 Å². The number of ether oxygens (including phenoxy) is 1. The number of hydrogen-bond acceptors (Lipinski definition) is 4. The lowest BCUT2D eigenvalue weighted by Crippen LogP contribution is -2.60. The van der Waals surface area contributed by atoms with E-state index in [2.05, 4.69) is 10.6 Å². The Labute approximate surface area is 101 Å². The molecule has 0 aromatic rings. The first-order valence-electron chi connectivity index (χ1n) is 5.77. The Kier molecular flexibility index (Phi) is 4.89. The van der Waals surface area contributed by atoms with Gasteiger partial charge in [-0.15, -0.1) is 0 Å². The molecule has 0 bridgehead atoms. The lowest BCUT2D eigenvalue weighted by atomic mass is 9.95. The number of nitrogens with one attached hydrogen (secondary N) is 2. The minimum atomic E-state index is -1.13. The van der Waals surface area contributed by atoms with Crippen molar-refractivity contribution in [3.05, 3.63) is 0 Å². The van der Waals surface area contributed by atoms with Gasteiger partial charge in [0.25, 0.3) is 0 Å². The first kappa shape index (κ1) is 13.9. The predicted molar refractivity (Wildman–Crippen MR) is 61.7 cm³/mol. The second-order valence-electron chi connectivity index (χ2n) is 4.51. The lowest BCUT2D eigenvalue weighted by molar-refractivity contribution is -0.146. The molecule has 0 aliphatic carbocycles. The molecule has 1 amide bonds. The topological polar surface area (TPSA) is 87.7 Å². The molecule has 0 aromatic carbocycles. The van der Waals surface area contributed by atoms with Crippen LogP contribution in [0.5, 0.6) is 0 Å². The summed E-state index contributed by atoms with van der Waals surface area (Å²) in [4.78, 5) is 22.8. The van der Waals surface area contributed by atoms with E-state index in [4.69, 9.17) is 4.74 Å². The molecular weight excluding hydrogens is 224 g/mol. The Morgan fingerprint density at radius 3 is 2.94 bits per heavy atom. The van der Waals surface area contributed by atoms with Crippen LogP contribution in [0, 0.1) is 0 Å². The average molecular weight is 244 g/mol. The number of aliphatic carboxylic acids is 1. The second kappa shape index (κ2) is 5.97. The Hall–Kier alpha value is -1.14. The molecule has 6 heteroatoms. The van der Waals surface area contributed by atoms with Gasteiger partial charge in [0.15, 0.2) is 0 Å². The minimum absolute atomic E-state index is 0.124. The van der Waals surface area contributed by atoms with E-state index in [1.54, 1.807) is 6.92 Å². The SMILES string of the molecule is COCCC(C)(NC1CCCNC1=O)C(=O)O. The van der Waals surface area contributed by atoms with Crippen molar-refractivity contribution in [2.24, 2.45) is 0 Å². The highest BCUT2D eigenvalue weighted by Crippen LogP contribution is 2.14. The average Bonchev–Trinajstić information content (AvgIpc) is 2.29. The number of hydrogen-bond donors (Lipinski definition) is 3. The molecule has 0 aromatic heterocycles. The van der Waals surface area contributed by atoms with Crippen LogP contribution < -0.4 is 10.6 Å². The van der Waals surface area contributed by atoms with Crippen LogP contribution in [0.25, 0.3) is 0 Å². The van der Waals surface area contributed by atoms with Gasteiger partial charge in [0.2, 0.25) is 5.91 Å². The van der Waals surface area contributed by atoms with Gasteiger partial charge < -0.3 is 15.2 Å². The van der Waals surface area contributed by atoms with E-state index in [0.29, 0.717) is 26.0 Å².